The number of nitrogens with zero attached hydrogens (tertiary/aromatic N) is 1. The van der Waals surface area contributed by atoms with Gasteiger partial charge in [-0.3, -0.25) is 0 Å². The maximum atomic E-state index is 13.1. The molecule has 5 rings (SSSR count). The van der Waals surface area contributed by atoms with Gasteiger partial charge in [0, 0.05) is 10.8 Å². The lowest BCUT2D eigenvalue weighted by molar-refractivity contribution is -0.108. The second kappa shape index (κ2) is 3.31. The van der Waals surface area contributed by atoms with E-state index in [1.165, 1.54) is 0 Å². The fourth-order valence-corrected chi connectivity index (χ4v) is 9.07. The third-order valence-corrected chi connectivity index (χ3v) is 10.4. The van der Waals surface area contributed by atoms with Crippen molar-refractivity contribution in [1.29, 1.82) is 0 Å². The quantitative estimate of drug-likeness (QED) is 0.698. The molecule has 2 atom stereocenters. The summed E-state index contributed by atoms with van der Waals surface area (Å²) >= 11 is 0. The van der Waals surface area contributed by atoms with Crippen molar-refractivity contribution < 1.29 is 17.9 Å². The Labute approximate surface area is 126 Å². The number of hydrogen-bond donors (Lipinski definition) is 0. The molecule has 2 heterocycles. The lowest BCUT2D eigenvalue weighted by atomic mass is 9.39. The molecule has 0 aromatic carbocycles. The molecule has 1 amide bonds. The normalized spacial score (nSPS) is 49.4. The summed E-state index contributed by atoms with van der Waals surface area (Å²) in [6.45, 7) is 13.4. The molecule has 5 nitrogen and oxygen atoms in total. The van der Waals surface area contributed by atoms with Crippen LogP contribution < -0.4 is 0 Å². The topological polar surface area (TPSA) is 63.7 Å². The summed E-state index contributed by atoms with van der Waals surface area (Å²) in [4.78, 5) is 12.4. The van der Waals surface area contributed by atoms with Crippen molar-refractivity contribution in [2.45, 2.75) is 58.8 Å². The fraction of sp³-hybridized carbons (Fsp3) is 0.800. The molecule has 118 valence electrons. The van der Waals surface area contributed by atoms with Gasteiger partial charge in [-0.25, -0.2) is 13.2 Å². The number of ether oxygens (including phenoxy) is 1. The van der Waals surface area contributed by atoms with E-state index in [0.29, 0.717) is 0 Å². The largest absolute Gasteiger partial charge is 0.449 e. The van der Waals surface area contributed by atoms with Crippen LogP contribution >= 0.6 is 0 Å². The zero-order chi connectivity index (χ0) is 16.2. The zero-order valence-corrected chi connectivity index (χ0v) is 14.5. The van der Waals surface area contributed by atoms with E-state index in [1.54, 1.807) is 13.8 Å². The van der Waals surface area contributed by atoms with Crippen molar-refractivity contribution in [3.8, 4) is 0 Å². The van der Waals surface area contributed by atoms with Crippen LogP contribution in [0.1, 0.15) is 48.5 Å². The van der Waals surface area contributed by atoms with E-state index in [4.69, 9.17) is 4.74 Å². The van der Waals surface area contributed by atoms with E-state index < -0.39 is 37.2 Å². The van der Waals surface area contributed by atoms with Gasteiger partial charge >= 0.3 is 6.09 Å². The van der Waals surface area contributed by atoms with Gasteiger partial charge in [0.25, 0.3) is 0 Å². The van der Waals surface area contributed by atoms with Gasteiger partial charge in [-0.05, 0) is 34.6 Å². The molecule has 3 fully saturated rings. The molecule has 0 N–H and O–H groups in total. The lowest BCUT2D eigenvalue weighted by Gasteiger charge is -2.65. The molecule has 21 heavy (non-hydrogen) atoms. The van der Waals surface area contributed by atoms with E-state index >= 15 is 0 Å². The summed E-state index contributed by atoms with van der Waals surface area (Å²) in [6, 6.07) is 0. The van der Waals surface area contributed by atoms with Gasteiger partial charge in [0.15, 0.2) is 0 Å². The first-order valence-corrected chi connectivity index (χ1v) is 8.76. The van der Waals surface area contributed by atoms with Crippen LogP contribution in [0.25, 0.3) is 0 Å². The summed E-state index contributed by atoms with van der Waals surface area (Å²) in [5.41, 5.74) is 0.263. The van der Waals surface area contributed by atoms with Gasteiger partial charge in [-0.2, -0.15) is 4.31 Å². The van der Waals surface area contributed by atoms with Crippen LogP contribution in [0.3, 0.4) is 0 Å². The molecular formula is C15H23NO4S. The monoisotopic (exact) mass is 313 g/mol. The van der Waals surface area contributed by atoms with Crippen LogP contribution in [-0.4, -0.2) is 35.7 Å². The number of fused-ring (bicyclic) bond motifs is 1. The minimum Gasteiger partial charge on any atom is -0.449 e. The van der Waals surface area contributed by atoms with Crippen molar-refractivity contribution in [3.05, 3.63) is 11.1 Å². The summed E-state index contributed by atoms with van der Waals surface area (Å²) in [6.07, 6.45) is -0.749. The zero-order valence-electron chi connectivity index (χ0n) is 13.7. The summed E-state index contributed by atoms with van der Waals surface area (Å²) < 4.78 is 31.4. The number of amides is 1. The van der Waals surface area contributed by atoms with Gasteiger partial charge < -0.3 is 4.74 Å². The number of carbonyl (C=O) groups is 1. The number of hydrogen-bond acceptors (Lipinski definition) is 4. The Morgan fingerprint density at radius 2 is 1.52 bits per heavy atom. The Bertz CT molecular complexity index is 681. The van der Waals surface area contributed by atoms with E-state index in [2.05, 4.69) is 0 Å². The second-order valence-electron chi connectivity index (χ2n) is 7.07. The Hall–Kier alpha value is -1.04. The standard InChI is InChI=1S/C15H23NO4S/c1-8-20-11(17)16-14(6)12(4)9(2)10(3)13(14,5)15(12,7)21(16,18)19/h8H2,1-7H3. The highest BCUT2D eigenvalue weighted by Crippen LogP contribution is 2.88. The molecule has 2 saturated heterocycles. The summed E-state index contributed by atoms with van der Waals surface area (Å²) in [7, 11) is -3.77. The van der Waals surface area contributed by atoms with Gasteiger partial charge in [0.05, 0.1) is 12.1 Å². The first kappa shape index (κ1) is 14.9. The van der Waals surface area contributed by atoms with Crippen LogP contribution in [-0.2, 0) is 14.8 Å². The van der Waals surface area contributed by atoms with Crippen LogP contribution in [0, 0.1) is 10.8 Å². The van der Waals surface area contributed by atoms with Gasteiger partial charge in [-0.15, -0.1) is 0 Å². The van der Waals surface area contributed by atoms with Crippen molar-refractivity contribution >= 4 is 16.1 Å². The van der Waals surface area contributed by atoms with Crippen LogP contribution in [0.2, 0.25) is 0 Å². The van der Waals surface area contributed by atoms with Crippen LogP contribution in [0.4, 0.5) is 4.79 Å². The first-order chi connectivity index (χ1) is 9.42. The van der Waals surface area contributed by atoms with Crippen LogP contribution in [0.15, 0.2) is 11.1 Å². The van der Waals surface area contributed by atoms with Gasteiger partial charge in [-0.1, -0.05) is 25.0 Å². The van der Waals surface area contributed by atoms with Gasteiger partial charge in [0.2, 0.25) is 10.0 Å². The minimum atomic E-state index is -3.77. The number of carbonyl (C=O) groups excluding carboxylic acids is 1. The smallest absolute Gasteiger partial charge is 0.424 e. The molecule has 0 radical (unpaired) electrons. The van der Waals surface area contributed by atoms with E-state index in [1.807, 2.05) is 34.6 Å². The van der Waals surface area contributed by atoms with E-state index in [-0.39, 0.29) is 6.61 Å². The van der Waals surface area contributed by atoms with Crippen molar-refractivity contribution in [3.63, 3.8) is 0 Å². The molecule has 1 saturated carbocycles. The molecule has 3 aliphatic carbocycles. The van der Waals surface area contributed by atoms with E-state index in [0.717, 1.165) is 15.5 Å². The van der Waals surface area contributed by atoms with Gasteiger partial charge in [0.1, 0.15) is 4.75 Å². The third kappa shape index (κ3) is 0.875. The first-order valence-electron chi connectivity index (χ1n) is 7.32. The Morgan fingerprint density at radius 1 is 1.10 bits per heavy atom. The molecule has 0 spiro atoms. The average molecular weight is 313 g/mol. The summed E-state index contributed by atoms with van der Waals surface area (Å²) in [5.74, 6) is 0. The minimum absolute atomic E-state index is 0.163. The molecule has 2 aliphatic heterocycles. The molecule has 5 aliphatic rings. The highest BCUT2D eigenvalue weighted by molar-refractivity contribution is 7.91. The molecule has 2 unspecified atom stereocenters. The SMILES string of the molecule is CCOC(=O)N1C2(C)C3(C)C(C)=C(C)C2(C)C3(C)S1(=O)=O. The Balaban J connectivity index is 2.33. The maximum Gasteiger partial charge on any atom is 0.424 e. The lowest BCUT2D eigenvalue weighted by Crippen LogP contribution is -2.76. The molecule has 0 aromatic rings. The average Bonchev–Trinajstić information content (AvgIpc) is 2.71. The van der Waals surface area contributed by atoms with E-state index in [9.17, 15) is 13.2 Å². The predicted octanol–water partition coefficient (Wildman–Crippen LogP) is 2.68. The second-order valence-corrected chi connectivity index (χ2v) is 9.21. The molecule has 0 aromatic heterocycles. The summed E-state index contributed by atoms with van der Waals surface area (Å²) in [5, 5.41) is 0. The van der Waals surface area contributed by atoms with Crippen molar-refractivity contribution in [1.82, 2.24) is 4.31 Å². The Morgan fingerprint density at radius 3 is 1.86 bits per heavy atom. The van der Waals surface area contributed by atoms with Crippen molar-refractivity contribution in [2.75, 3.05) is 6.61 Å². The molecule has 6 heteroatoms. The molecular weight excluding hydrogens is 290 g/mol. The highest BCUT2D eigenvalue weighted by atomic mass is 32.2. The van der Waals surface area contributed by atoms with Crippen molar-refractivity contribution in [2.24, 2.45) is 10.8 Å². The fourth-order valence-electron chi connectivity index (χ4n) is 5.87. The Kier molecular flexibility index (Phi) is 2.35. The molecule has 4 bridgehead atoms. The maximum absolute atomic E-state index is 13.1. The number of sulfonamides is 1. The highest BCUT2D eigenvalue weighted by Gasteiger charge is 2.98. The number of rotatable bonds is 1. The third-order valence-electron chi connectivity index (χ3n) is 7.51. The van der Waals surface area contributed by atoms with Crippen LogP contribution in [0.5, 0.6) is 0 Å². The predicted molar refractivity (Wildman–Crippen MR) is 79.2 cm³/mol.